The Morgan fingerprint density at radius 2 is 2.39 bits per heavy atom. The highest BCUT2D eigenvalue weighted by atomic mass is 79.9. The summed E-state index contributed by atoms with van der Waals surface area (Å²) in [6.07, 6.45) is 2.32. The molecular weight excluding hydrogens is 296 g/mol. The zero-order chi connectivity index (χ0) is 13.0. The second-order valence-corrected chi connectivity index (χ2v) is 5.62. The van der Waals surface area contributed by atoms with Gasteiger partial charge in [-0.2, -0.15) is 0 Å². The second kappa shape index (κ2) is 6.55. The molecule has 1 aromatic carbocycles. The highest BCUT2D eigenvalue weighted by molar-refractivity contribution is 9.10. The lowest BCUT2D eigenvalue weighted by Gasteiger charge is -2.27. The molecule has 1 aliphatic rings. The molecular formula is C14H19BrO3. The fourth-order valence-electron chi connectivity index (χ4n) is 2.37. The van der Waals surface area contributed by atoms with Crippen LogP contribution in [-0.2, 0) is 11.2 Å². The number of benzene rings is 1. The molecule has 2 rings (SSSR count). The van der Waals surface area contributed by atoms with E-state index in [1.165, 1.54) is 0 Å². The third-order valence-corrected chi connectivity index (χ3v) is 3.90. The number of hydrogen-bond donors (Lipinski definition) is 1. The van der Waals surface area contributed by atoms with Crippen LogP contribution < -0.4 is 4.74 Å². The molecule has 0 radical (unpaired) electrons. The van der Waals surface area contributed by atoms with E-state index in [9.17, 15) is 5.11 Å². The Morgan fingerprint density at radius 3 is 3.06 bits per heavy atom. The van der Waals surface area contributed by atoms with Crippen LogP contribution in [0.15, 0.2) is 22.7 Å². The molecule has 0 saturated carbocycles. The predicted molar refractivity (Wildman–Crippen MR) is 73.9 cm³/mol. The van der Waals surface area contributed by atoms with Crippen molar-refractivity contribution in [2.45, 2.75) is 25.4 Å². The molecule has 4 heteroatoms. The van der Waals surface area contributed by atoms with Crippen molar-refractivity contribution in [2.75, 3.05) is 20.3 Å². The summed E-state index contributed by atoms with van der Waals surface area (Å²) >= 11 is 3.45. The Kier molecular flexibility index (Phi) is 5.03. The van der Waals surface area contributed by atoms with Gasteiger partial charge in [0.25, 0.3) is 0 Å². The van der Waals surface area contributed by atoms with Crippen molar-refractivity contribution in [1.29, 1.82) is 0 Å². The molecule has 2 atom stereocenters. The number of rotatable bonds is 4. The molecule has 1 fully saturated rings. The van der Waals surface area contributed by atoms with Crippen LogP contribution in [0, 0.1) is 5.92 Å². The predicted octanol–water partition coefficient (Wildman–Crippen LogP) is 2.79. The van der Waals surface area contributed by atoms with E-state index >= 15 is 0 Å². The van der Waals surface area contributed by atoms with Crippen molar-refractivity contribution in [1.82, 2.24) is 0 Å². The van der Waals surface area contributed by atoms with E-state index in [0.29, 0.717) is 13.0 Å². The first-order chi connectivity index (χ1) is 8.70. The van der Waals surface area contributed by atoms with E-state index in [4.69, 9.17) is 9.47 Å². The minimum absolute atomic E-state index is 0.238. The molecule has 2 unspecified atom stereocenters. The van der Waals surface area contributed by atoms with Gasteiger partial charge in [0.2, 0.25) is 0 Å². The number of aliphatic hydroxyl groups is 1. The minimum Gasteiger partial charge on any atom is -0.496 e. The van der Waals surface area contributed by atoms with E-state index in [1.807, 2.05) is 18.2 Å². The standard InChI is InChI=1S/C14H19BrO3/c1-17-14-5-4-12(15)7-11(14)8-13(16)10-3-2-6-18-9-10/h4-5,7,10,13,16H,2-3,6,8-9H2,1H3. The first-order valence-corrected chi connectivity index (χ1v) is 7.08. The molecule has 1 aliphatic heterocycles. The van der Waals surface area contributed by atoms with Crippen LogP contribution in [0.1, 0.15) is 18.4 Å². The molecule has 0 spiro atoms. The quantitative estimate of drug-likeness (QED) is 0.928. The van der Waals surface area contributed by atoms with Crippen molar-refractivity contribution >= 4 is 15.9 Å². The van der Waals surface area contributed by atoms with Crippen LogP contribution in [0.25, 0.3) is 0 Å². The molecule has 0 aromatic heterocycles. The first kappa shape index (κ1) is 13.8. The Morgan fingerprint density at radius 1 is 1.56 bits per heavy atom. The van der Waals surface area contributed by atoms with Crippen LogP contribution >= 0.6 is 15.9 Å². The van der Waals surface area contributed by atoms with Gasteiger partial charge in [0.1, 0.15) is 5.75 Å². The molecule has 1 saturated heterocycles. The lowest BCUT2D eigenvalue weighted by Crippen LogP contribution is -2.30. The van der Waals surface area contributed by atoms with Crippen molar-refractivity contribution in [3.05, 3.63) is 28.2 Å². The van der Waals surface area contributed by atoms with Crippen molar-refractivity contribution in [3.8, 4) is 5.75 Å². The maximum Gasteiger partial charge on any atom is 0.122 e. The molecule has 3 nitrogen and oxygen atoms in total. The molecule has 1 heterocycles. The van der Waals surface area contributed by atoms with Crippen molar-refractivity contribution in [2.24, 2.45) is 5.92 Å². The zero-order valence-electron chi connectivity index (χ0n) is 10.6. The highest BCUT2D eigenvalue weighted by Crippen LogP contribution is 2.27. The molecule has 0 bridgehead atoms. The summed E-state index contributed by atoms with van der Waals surface area (Å²) in [4.78, 5) is 0. The summed E-state index contributed by atoms with van der Waals surface area (Å²) in [5, 5.41) is 10.3. The van der Waals surface area contributed by atoms with Crippen LogP contribution in [0.2, 0.25) is 0 Å². The van der Waals surface area contributed by atoms with E-state index in [2.05, 4.69) is 15.9 Å². The summed E-state index contributed by atoms with van der Waals surface area (Å²) in [5.41, 5.74) is 1.03. The van der Waals surface area contributed by atoms with Gasteiger partial charge in [0, 0.05) is 23.4 Å². The van der Waals surface area contributed by atoms with Gasteiger partial charge < -0.3 is 14.6 Å². The van der Waals surface area contributed by atoms with Crippen LogP contribution in [0.5, 0.6) is 5.75 Å². The van der Waals surface area contributed by atoms with Crippen LogP contribution in [0.3, 0.4) is 0 Å². The summed E-state index contributed by atoms with van der Waals surface area (Å²) in [5.74, 6) is 1.07. The lowest BCUT2D eigenvalue weighted by atomic mass is 9.91. The largest absolute Gasteiger partial charge is 0.496 e. The van der Waals surface area contributed by atoms with Gasteiger partial charge in [0.15, 0.2) is 0 Å². The number of methoxy groups -OCH3 is 1. The van der Waals surface area contributed by atoms with Crippen molar-refractivity contribution in [3.63, 3.8) is 0 Å². The first-order valence-electron chi connectivity index (χ1n) is 6.29. The molecule has 0 aliphatic carbocycles. The van der Waals surface area contributed by atoms with Gasteiger partial charge in [0.05, 0.1) is 19.8 Å². The van der Waals surface area contributed by atoms with Crippen LogP contribution in [0.4, 0.5) is 0 Å². The molecule has 1 N–H and O–H groups in total. The number of ether oxygens (including phenoxy) is 2. The minimum atomic E-state index is -0.367. The Hall–Kier alpha value is -0.580. The van der Waals surface area contributed by atoms with Gasteiger partial charge in [-0.3, -0.25) is 0 Å². The maximum absolute atomic E-state index is 10.3. The zero-order valence-corrected chi connectivity index (χ0v) is 12.1. The van der Waals surface area contributed by atoms with Crippen LogP contribution in [-0.4, -0.2) is 31.5 Å². The lowest BCUT2D eigenvalue weighted by molar-refractivity contribution is -0.00864. The maximum atomic E-state index is 10.3. The van der Waals surface area contributed by atoms with Gasteiger partial charge in [-0.1, -0.05) is 15.9 Å². The van der Waals surface area contributed by atoms with Gasteiger partial charge >= 0.3 is 0 Å². The Labute approximate surface area is 116 Å². The molecule has 0 amide bonds. The number of halogens is 1. The van der Waals surface area contributed by atoms with Crippen molar-refractivity contribution < 1.29 is 14.6 Å². The summed E-state index contributed by atoms with van der Waals surface area (Å²) in [6.45, 7) is 1.49. The average molecular weight is 315 g/mol. The summed E-state index contributed by atoms with van der Waals surface area (Å²) < 4.78 is 11.8. The fourth-order valence-corrected chi connectivity index (χ4v) is 2.78. The SMILES string of the molecule is COc1ccc(Br)cc1CC(O)C1CCCOC1. The average Bonchev–Trinajstić information content (AvgIpc) is 2.40. The van der Waals surface area contributed by atoms with Gasteiger partial charge in [-0.15, -0.1) is 0 Å². The summed E-state index contributed by atoms with van der Waals surface area (Å²) in [7, 11) is 1.66. The van der Waals surface area contributed by atoms with Gasteiger partial charge in [-0.25, -0.2) is 0 Å². The van der Waals surface area contributed by atoms with E-state index < -0.39 is 0 Å². The normalized spacial score (nSPS) is 21.6. The third-order valence-electron chi connectivity index (χ3n) is 3.41. The van der Waals surface area contributed by atoms with E-state index in [0.717, 1.165) is 35.2 Å². The number of hydrogen-bond acceptors (Lipinski definition) is 3. The highest BCUT2D eigenvalue weighted by Gasteiger charge is 2.23. The molecule has 1 aromatic rings. The second-order valence-electron chi connectivity index (χ2n) is 4.70. The third kappa shape index (κ3) is 3.46. The molecule has 18 heavy (non-hydrogen) atoms. The van der Waals surface area contributed by atoms with Gasteiger partial charge in [-0.05, 0) is 36.6 Å². The monoisotopic (exact) mass is 314 g/mol. The Bertz CT molecular complexity index is 389. The Balaban J connectivity index is 2.05. The summed E-state index contributed by atoms with van der Waals surface area (Å²) in [6, 6.07) is 5.87. The van der Waals surface area contributed by atoms with E-state index in [1.54, 1.807) is 7.11 Å². The smallest absolute Gasteiger partial charge is 0.122 e. The fraction of sp³-hybridized carbons (Fsp3) is 0.571. The number of aliphatic hydroxyl groups excluding tert-OH is 1. The molecule has 100 valence electrons. The topological polar surface area (TPSA) is 38.7 Å². The van der Waals surface area contributed by atoms with E-state index in [-0.39, 0.29) is 12.0 Å².